The molecule has 0 aromatic carbocycles. The molecule has 1 rings (SSSR count). The Morgan fingerprint density at radius 2 is 2.11 bits per heavy atom. The highest BCUT2D eigenvalue weighted by molar-refractivity contribution is 5.19. The van der Waals surface area contributed by atoms with Gasteiger partial charge in [0.15, 0.2) is 0 Å². The van der Waals surface area contributed by atoms with Gasteiger partial charge >= 0.3 is 6.18 Å². The maximum Gasteiger partial charge on any atom is 0.417 e. The average molecular weight is 262 g/mol. The molecule has 1 unspecified atom stereocenters. The molecule has 0 radical (unpaired) electrons. The van der Waals surface area contributed by atoms with Crippen molar-refractivity contribution in [3.05, 3.63) is 29.6 Å². The summed E-state index contributed by atoms with van der Waals surface area (Å²) < 4.78 is 42.2. The summed E-state index contributed by atoms with van der Waals surface area (Å²) in [6.07, 6.45) is -2.56. The summed E-state index contributed by atoms with van der Waals surface area (Å²) >= 11 is 0. The van der Waals surface area contributed by atoms with E-state index in [0.29, 0.717) is 12.3 Å². The minimum atomic E-state index is -4.35. The fraction of sp³-hybridized carbons (Fsp3) is 0.583. The summed E-state index contributed by atoms with van der Waals surface area (Å²) in [5.41, 5.74) is -0.184. The van der Waals surface area contributed by atoms with E-state index in [4.69, 9.17) is 4.74 Å². The highest BCUT2D eigenvalue weighted by Gasteiger charge is 2.30. The van der Waals surface area contributed by atoms with Gasteiger partial charge in [-0.15, -0.1) is 0 Å². The third kappa shape index (κ3) is 4.27. The van der Waals surface area contributed by atoms with Gasteiger partial charge in [-0.3, -0.25) is 4.98 Å². The van der Waals surface area contributed by atoms with Crippen LogP contribution in [0.5, 0.6) is 0 Å². The number of methoxy groups -OCH3 is 1. The van der Waals surface area contributed by atoms with Crippen LogP contribution >= 0.6 is 0 Å². The third-order valence-electron chi connectivity index (χ3n) is 2.44. The highest BCUT2D eigenvalue weighted by Crippen LogP contribution is 2.28. The first-order valence-corrected chi connectivity index (χ1v) is 5.74. The molecule has 0 aliphatic carbocycles. The summed E-state index contributed by atoms with van der Waals surface area (Å²) in [5.74, 6) is 0. The van der Waals surface area contributed by atoms with Crippen molar-refractivity contribution in [2.24, 2.45) is 0 Å². The second-order valence-corrected chi connectivity index (χ2v) is 3.93. The highest BCUT2D eigenvalue weighted by atomic mass is 19.4. The van der Waals surface area contributed by atoms with Crippen LogP contribution in [-0.2, 0) is 10.9 Å². The fourth-order valence-corrected chi connectivity index (χ4v) is 1.51. The van der Waals surface area contributed by atoms with E-state index >= 15 is 0 Å². The molecule has 102 valence electrons. The number of hydrogen-bond acceptors (Lipinski definition) is 3. The SMILES string of the molecule is CCCNC(COC)c1ccc(C(F)(F)F)cn1. The van der Waals surface area contributed by atoms with Crippen molar-refractivity contribution in [3.8, 4) is 0 Å². The molecule has 0 amide bonds. The zero-order chi connectivity index (χ0) is 13.6. The van der Waals surface area contributed by atoms with E-state index in [1.807, 2.05) is 6.92 Å². The second-order valence-electron chi connectivity index (χ2n) is 3.93. The quantitative estimate of drug-likeness (QED) is 0.856. The van der Waals surface area contributed by atoms with Crippen molar-refractivity contribution in [3.63, 3.8) is 0 Å². The van der Waals surface area contributed by atoms with Gasteiger partial charge in [0.25, 0.3) is 0 Å². The fourth-order valence-electron chi connectivity index (χ4n) is 1.51. The van der Waals surface area contributed by atoms with Gasteiger partial charge in [-0.25, -0.2) is 0 Å². The zero-order valence-corrected chi connectivity index (χ0v) is 10.4. The molecule has 3 nitrogen and oxygen atoms in total. The maximum absolute atomic E-state index is 12.4. The molecule has 0 bridgehead atoms. The van der Waals surface area contributed by atoms with Gasteiger partial charge in [-0.2, -0.15) is 13.2 Å². The zero-order valence-electron chi connectivity index (χ0n) is 10.4. The van der Waals surface area contributed by atoms with E-state index < -0.39 is 11.7 Å². The predicted molar refractivity (Wildman–Crippen MR) is 62.1 cm³/mol. The number of alkyl halides is 3. The second kappa shape index (κ2) is 6.70. The summed E-state index contributed by atoms with van der Waals surface area (Å²) in [5, 5.41) is 3.18. The number of halogens is 3. The normalized spacial score (nSPS) is 13.6. The molecule has 6 heteroatoms. The van der Waals surface area contributed by atoms with E-state index in [2.05, 4.69) is 10.3 Å². The van der Waals surface area contributed by atoms with Gasteiger partial charge in [0, 0.05) is 13.3 Å². The van der Waals surface area contributed by atoms with Crippen LogP contribution in [0.15, 0.2) is 18.3 Å². The van der Waals surface area contributed by atoms with Crippen molar-refractivity contribution < 1.29 is 17.9 Å². The van der Waals surface area contributed by atoms with Gasteiger partial charge in [0.1, 0.15) is 0 Å². The van der Waals surface area contributed by atoms with E-state index in [1.54, 1.807) is 7.11 Å². The number of nitrogens with zero attached hydrogens (tertiary/aromatic N) is 1. The standard InChI is InChI=1S/C12H17F3N2O/c1-3-6-16-11(8-18-2)10-5-4-9(7-17-10)12(13,14)15/h4-5,7,11,16H,3,6,8H2,1-2H3. The number of aromatic nitrogens is 1. The smallest absolute Gasteiger partial charge is 0.383 e. The number of nitrogens with one attached hydrogen (secondary N) is 1. The Balaban J connectivity index is 2.79. The monoisotopic (exact) mass is 262 g/mol. The van der Waals surface area contributed by atoms with Crippen LogP contribution in [0.2, 0.25) is 0 Å². The van der Waals surface area contributed by atoms with Crippen LogP contribution in [0.4, 0.5) is 13.2 Å². The lowest BCUT2D eigenvalue weighted by molar-refractivity contribution is -0.137. The molecule has 0 spiro atoms. The third-order valence-corrected chi connectivity index (χ3v) is 2.44. The first kappa shape index (κ1) is 14.9. The Morgan fingerprint density at radius 1 is 1.39 bits per heavy atom. The van der Waals surface area contributed by atoms with Crippen LogP contribution in [0.25, 0.3) is 0 Å². The Bertz CT molecular complexity index is 351. The lowest BCUT2D eigenvalue weighted by atomic mass is 10.1. The van der Waals surface area contributed by atoms with Crippen molar-refractivity contribution in [1.29, 1.82) is 0 Å². The number of hydrogen-bond donors (Lipinski definition) is 1. The minimum Gasteiger partial charge on any atom is -0.383 e. The molecule has 0 aliphatic rings. The van der Waals surface area contributed by atoms with Crippen molar-refractivity contribution in [2.75, 3.05) is 20.3 Å². The summed E-state index contributed by atoms with van der Waals surface area (Å²) in [6, 6.07) is 2.24. The Labute approximate surface area is 104 Å². The molecule has 0 aliphatic heterocycles. The van der Waals surface area contributed by atoms with E-state index in [-0.39, 0.29) is 6.04 Å². The molecule has 1 heterocycles. The number of ether oxygens (including phenoxy) is 1. The molecule has 1 atom stereocenters. The van der Waals surface area contributed by atoms with E-state index in [1.165, 1.54) is 6.07 Å². The van der Waals surface area contributed by atoms with Gasteiger partial charge in [-0.05, 0) is 25.1 Å². The Morgan fingerprint density at radius 3 is 2.56 bits per heavy atom. The molecular formula is C12H17F3N2O. The average Bonchev–Trinajstić information content (AvgIpc) is 2.33. The van der Waals surface area contributed by atoms with Crippen molar-refractivity contribution >= 4 is 0 Å². The molecule has 18 heavy (non-hydrogen) atoms. The Hall–Kier alpha value is -1.14. The number of rotatable bonds is 6. The topological polar surface area (TPSA) is 34.1 Å². The summed E-state index contributed by atoms with van der Waals surface area (Å²) in [6.45, 7) is 3.14. The molecule has 1 aromatic rings. The van der Waals surface area contributed by atoms with Crippen molar-refractivity contribution in [1.82, 2.24) is 10.3 Å². The van der Waals surface area contributed by atoms with Crippen LogP contribution in [-0.4, -0.2) is 25.2 Å². The van der Waals surface area contributed by atoms with Gasteiger partial charge in [-0.1, -0.05) is 6.92 Å². The number of pyridine rings is 1. The molecule has 0 saturated carbocycles. The molecular weight excluding hydrogens is 245 g/mol. The van der Waals surface area contributed by atoms with Crippen LogP contribution < -0.4 is 5.32 Å². The van der Waals surface area contributed by atoms with Gasteiger partial charge in [0.2, 0.25) is 0 Å². The van der Waals surface area contributed by atoms with Crippen LogP contribution in [0, 0.1) is 0 Å². The largest absolute Gasteiger partial charge is 0.417 e. The molecule has 1 aromatic heterocycles. The van der Waals surface area contributed by atoms with Crippen LogP contribution in [0.3, 0.4) is 0 Å². The first-order chi connectivity index (χ1) is 8.49. The Kier molecular flexibility index (Phi) is 5.55. The summed E-state index contributed by atoms with van der Waals surface area (Å²) in [7, 11) is 1.55. The van der Waals surface area contributed by atoms with Gasteiger partial charge < -0.3 is 10.1 Å². The lowest BCUT2D eigenvalue weighted by Crippen LogP contribution is -2.26. The van der Waals surface area contributed by atoms with Crippen LogP contribution in [0.1, 0.15) is 30.6 Å². The molecule has 0 saturated heterocycles. The molecule has 1 N–H and O–H groups in total. The maximum atomic E-state index is 12.4. The van der Waals surface area contributed by atoms with Crippen molar-refractivity contribution in [2.45, 2.75) is 25.6 Å². The van der Waals surface area contributed by atoms with E-state index in [0.717, 1.165) is 25.2 Å². The van der Waals surface area contributed by atoms with E-state index in [9.17, 15) is 13.2 Å². The lowest BCUT2D eigenvalue weighted by Gasteiger charge is -2.17. The first-order valence-electron chi connectivity index (χ1n) is 5.74. The summed E-state index contributed by atoms with van der Waals surface area (Å²) in [4.78, 5) is 3.85. The minimum absolute atomic E-state index is 0.183. The van der Waals surface area contributed by atoms with Gasteiger partial charge in [0.05, 0.1) is 23.9 Å². The predicted octanol–water partition coefficient (Wildman–Crippen LogP) is 2.79. The molecule has 0 fully saturated rings.